The predicted octanol–water partition coefficient (Wildman–Crippen LogP) is 4.51. The van der Waals surface area contributed by atoms with Crippen molar-refractivity contribution in [3.8, 4) is 11.5 Å². The predicted molar refractivity (Wildman–Crippen MR) is 138 cm³/mol. The van der Waals surface area contributed by atoms with Crippen molar-refractivity contribution in [1.29, 1.82) is 0 Å². The lowest BCUT2D eigenvalue weighted by Gasteiger charge is -2.30. The summed E-state index contributed by atoms with van der Waals surface area (Å²) in [5.41, 5.74) is 1.01. The van der Waals surface area contributed by atoms with Gasteiger partial charge in [-0.15, -0.1) is 0 Å². The van der Waals surface area contributed by atoms with Crippen molar-refractivity contribution in [3.63, 3.8) is 0 Å². The van der Waals surface area contributed by atoms with Gasteiger partial charge in [0.2, 0.25) is 0 Å². The van der Waals surface area contributed by atoms with Crippen LogP contribution in [0.25, 0.3) is 10.9 Å². The number of rotatable bonds is 11. The molecule has 3 aromatic rings. The van der Waals surface area contributed by atoms with Crippen LogP contribution in [0.2, 0.25) is 0 Å². The van der Waals surface area contributed by atoms with E-state index in [2.05, 4.69) is 32.6 Å². The molecule has 1 heterocycles. The molecule has 1 aromatic heterocycles. The SMILES string of the molecule is COc1ccc(C(=O)CSc2nc3ccccc3c(=O)n2CCN(C(C)C)C(C)C)c(OC)c1. The largest absolute Gasteiger partial charge is 0.497 e. The fraction of sp³-hybridized carbons (Fsp3) is 0.423. The quantitative estimate of drug-likeness (QED) is 0.226. The Morgan fingerprint density at radius 3 is 2.41 bits per heavy atom. The van der Waals surface area contributed by atoms with Gasteiger partial charge in [-0.1, -0.05) is 23.9 Å². The Morgan fingerprint density at radius 1 is 1.06 bits per heavy atom. The van der Waals surface area contributed by atoms with Crippen molar-refractivity contribution in [2.45, 2.75) is 51.5 Å². The van der Waals surface area contributed by atoms with E-state index in [1.807, 2.05) is 18.2 Å². The Bertz CT molecular complexity index is 1200. The van der Waals surface area contributed by atoms with Crippen molar-refractivity contribution in [1.82, 2.24) is 14.5 Å². The Morgan fingerprint density at radius 2 is 1.76 bits per heavy atom. The zero-order chi connectivity index (χ0) is 24.8. The van der Waals surface area contributed by atoms with E-state index < -0.39 is 0 Å². The number of ether oxygens (including phenoxy) is 2. The number of carbonyl (C=O) groups is 1. The number of fused-ring (bicyclic) bond motifs is 1. The third-order valence-corrected chi connectivity index (χ3v) is 6.75. The molecule has 0 aliphatic rings. The Balaban J connectivity index is 1.91. The van der Waals surface area contributed by atoms with Crippen LogP contribution < -0.4 is 15.0 Å². The van der Waals surface area contributed by atoms with Crippen molar-refractivity contribution in [2.24, 2.45) is 0 Å². The van der Waals surface area contributed by atoms with E-state index in [1.165, 1.54) is 18.9 Å². The van der Waals surface area contributed by atoms with Gasteiger partial charge in [0.1, 0.15) is 11.5 Å². The highest BCUT2D eigenvalue weighted by atomic mass is 32.2. The molecular formula is C26H33N3O4S. The molecule has 0 N–H and O–H groups in total. The first-order valence-electron chi connectivity index (χ1n) is 11.4. The third-order valence-electron chi connectivity index (χ3n) is 5.78. The molecule has 0 atom stereocenters. The van der Waals surface area contributed by atoms with Gasteiger partial charge in [0, 0.05) is 31.2 Å². The van der Waals surface area contributed by atoms with E-state index in [9.17, 15) is 9.59 Å². The third kappa shape index (κ3) is 5.80. The van der Waals surface area contributed by atoms with Gasteiger partial charge in [0.05, 0.1) is 36.4 Å². The van der Waals surface area contributed by atoms with E-state index in [0.29, 0.717) is 58.3 Å². The smallest absolute Gasteiger partial charge is 0.262 e. The molecule has 182 valence electrons. The minimum absolute atomic E-state index is 0.0879. The number of hydrogen-bond donors (Lipinski definition) is 0. The average Bonchev–Trinajstić information content (AvgIpc) is 2.83. The van der Waals surface area contributed by atoms with Crippen LogP contribution in [0.1, 0.15) is 38.1 Å². The Kier molecular flexibility index (Phi) is 8.74. The number of carbonyl (C=O) groups excluding carboxylic acids is 1. The lowest BCUT2D eigenvalue weighted by atomic mass is 10.1. The molecule has 3 rings (SSSR count). The van der Waals surface area contributed by atoms with Gasteiger partial charge < -0.3 is 9.47 Å². The zero-order valence-electron chi connectivity index (χ0n) is 20.7. The minimum Gasteiger partial charge on any atom is -0.497 e. The van der Waals surface area contributed by atoms with E-state index >= 15 is 0 Å². The highest BCUT2D eigenvalue weighted by Gasteiger charge is 2.19. The Labute approximate surface area is 205 Å². The van der Waals surface area contributed by atoms with E-state index in [1.54, 1.807) is 35.9 Å². The molecule has 0 bridgehead atoms. The summed E-state index contributed by atoms with van der Waals surface area (Å²) in [6.07, 6.45) is 0. The Hall–Kier alpha value is -2.84. The molecule has 0 aliphatic heterocycles. The summed E-state index contributed by atoms with van der Waals surface area (Å²) >= 11 is 1.27. The molecule has 0 unspecified atom stereocenters. The average molecular weight is 484 g/mol. The summed E-state index contributed by atoms with van der Waals surface area (Å²) in [4.78, 5) is 33.5. The van der Waals surface area contributed by atoms with Crippen molar-refractivity contribution in [3.05, 3.63) is 58.4 Å². The first-order valence-corrected chi connectivity index (χ1v) is 12.4. The highest BCUT2D eigenvalue weighted by Crippen LogP contribution is 2.27. The number of thioether (sulfide) groups is 1. The maximum atomic E-state index is 13.4. The molecule has 0 spiro atoms. The second-order valence-electron chi connectivity index (χ2n) is 8.57. The molecule has 8 heteroatoms. The van der Waals surface area contributed by atoms with Crippen LogP contribution in [0.3, 0.4) is 0 Å². The maximum Gasteiger partial charge on any atom is 0.262 e. The lowest BCUT2D eigenvalue weighted by molar-refractivity contribution is 0.101. The number of benzene rings is 2. The first kappa shape index (κ1) is 25.8. The van der Waals surface area contributed by atoms with Crippen LogP contribution in [0.4, 0.5) is 0 Å². The van der Waals surface area contributed by atoms with Crippen LogP contribution in [-0.4, -0.2) is 58.8 Å². The summed E-state index contributed by atoms with van der Waals surface area (Å²) in [5.74, 6) is 1.10. The highest BCUT2D eigenvalue weighted by molar-refractivity contribution is 7.99. The second kappa shape index (κ2) is 11.5. The number of methoxy groups -OCH3 is 2. The fourth-order valence-corrected chi connectivity index (χ4v) is 4.93. The number of hydrogen-bond acceptors (Lipinski definition) is 7. The molecule has 0 saturated carbocycles. The number of para-hydroxylation sites is 1. The zero-order valence-corrected chi connectivity index (χ0v) is 21.5. The second-order valence-corrected chi connectivity index (χ2v) is 9.51. The first-order chi connectivity index (χ1) is 16.3. The van der Waals surface area contributed by atoms with Gasteiger partial charge in [-0.3, -0.25) is 19.1 Å². The monoisotopic (exact) mass is 483 g/mol. The van der Waals surface area contributed by atoms with Crippen molar-refractivity contribution in [2.75, 3.05) is 26.5 Å². The molecule has 0 radical (unpaired) electrons. The standard InChI is InChI=1S/C26H33N3O4S/c1-17(2)28(18(3)4)13-14-29-25(31)20-9-7-8-10-22(20)27-26(29)34-16-23(30)21-12-11-19(32-5)15-24(21)33-6/h7-12,15,17-18H,13-14,16H2,1-6H3. The van der Waals surface area contributed by atoms with Gasteiger partial charge in [-0.05, 0) is 52.0 Å². The van der Waals surface area contributed by atoms with Crippen molar-refractivity contribution >= 4 is 28.4 Å². The van der Waals surface area contributed by atoms with Gasteiger partial charge in [0.15, 0.2) is 10.9 Å². The summed E-state index contributed by atoms with van der Waals surface area (Å²) < 4.78 is 12.3. The van der Waals surface area contributed by atoms with Gasteiger partial charge in [-0.2, -0.15) is 0 Å². The fourth-order valence-electron chi connectivity index (χ4n) is 4.02. The summed E-state index contributed by atoms with van der Waals surface area (Å²) in [6, 6.07) is 13.2. The minimum atomic E-state index is -0.107. The van der Waals surface area contributed by atoms with Gasteiger partial charge in [0.25, 0.3) is 5.56 Å². The number of aromatic nitrogens is 2. The molecule has 2 aromatic carbocycles. The summed E-state index contributed by atoms with van der Waals surface area (Å²) in [6.45, 7) is 9.81. The molecule has 0 aliphatic carbocycles. The molecule has 0 amide bonds. The van der Waals surface area contributed by atoms with Gasteiger partial charge >= 0.3 is 0 Å². The van der Waals surface area contributed by atoms with Crippen LogP contribution >= 0.6 is 11.8 Å². The molecular weight excluding hydrogens is 450 g/mol. The van der Waals surface area contributed by atoms with Crippen LogP contribution in [0.5, 0.6) is 11.5 Å². The number of nitrogens with zero attached hydrogens (tertiary/aromatic N) is 3. The van der Waals surface area contributed by atoms with Crippen LogP contribution in [-0.2, 0) is 6.54 Å². The van der Waals surface area contributed by atoms with E-state index in [-0.39, 0.29) is 17.1 Å². The van der Waals surface area contributed by atoms with E-state index in [0.717, 1.165) is 0 Å². The normalized spacial score (nSPS) is 11.6. The number of Topliss-reactive ketones (excluding diaryl/α,β-unsaturated/α-hetero) is 1. The summed E-state index contributed by atoms with van der Waals surface area (Å²) in [7, 11) is 3.09. The summed E-state index contributed by atoms with van der Waals surface area (Å²) in [5, 5.41) is 1.12. The topological polar surface area (TPSA) is 73.7 Å². The van der Waals surface area contributed by atoms with Crippen molar-refractivity contribution < 1.29 is 14.3 Å². The van der Waals surface area contributed by atoms with E-state index in [4.69, 9.17) is 14.5 Å². The van der Waals surface area contributed by atoms with Gasteiger partial charge in [-0.25, -0.2) is 4.98 Å². The lowest BCUT2D eigenvalue weighted by Crippen LogP contribution is -2.40. The molecule has 0 fully saturated rings. The maximum absolute atomic E-state index is 13.4. The number of ketones is 1. The molecule has 7 nitrogen and oxygen atoms in total. The van der Waals surface area contributed by atoms with Crippen LogP contribution in [0.15, 0.2) is 52.4 Å². The van der Waals surface area contributed by atoms with Crippen LogP contribution in [0, 0.1) is 0 Å². The molecule has 34 heavy (non-hydrogen) atoms. The molecule has 0 saturated heterocycles.